The number of hydrogen-bond donors (Lipinski definition) is 0. The highest BCUT2D eigenvalue weighted by atomic mass is 35.5. The molecule has 1 aromatic rings. The van der Waals surface area contributed by atoms with Gasteiger partial charge in [0.25, 0.3) is 0 Å². The topological polar surface area (TPSA) is 46.1 Å². The standard InChI is InChI=1S/C15H24ClN3O/c1-6-12(7-2)19(8-10(3)4)15-13(9-20)14(16)17-11(5)18-15/h9-10,12H,6-8H2,1-5H3. The van der Waals surface area contributed by atoms with Crippen LogP contribution in [0.1, 0.15) is 56.7 Å². The molecule has 0 aliphatic carbocycles. The summed E-state index contributed by atoms with van der Waals surface area (Å²) in [5, 5.41) is 0.238. The Kier molecular flexibility index (Phi) is 6.40. The molecule has 0 amide bonds. The van der Waals surface area contributed by atoms with Crippen molar-refractivity contribution >= 4 is 23.7 Å². The third-order valence-electron chi connectivity index (χ3n) is 3.33. The van der Waals surface area contributed by atoms with E-state index in [1.165, 1.54) is 0 Å². The third-order valence-corrected chi connectivity index (χ3v) is 3.61. The molecule has 0 aliphatic rings. The number of carbonyl (C=O) groups excluding carboxylic acids is 1. The first-order chi connectivity index (χ1) is 9.44. The molecule has 20 heavy (non-hydrogen) atoms. The van der Waals surface area contributed by atoms with Crippen molar-refractivity contribution in [2.45, 2.75) is 53.5 Å². The fourth-order valence-electron chi connectivity index (χ4n) is 2.38. The molecule has 0 atom stereocenters. The average molecular weight is 298 g/mol. The lowest BCUT2D eigenvalue weighted by Crippen LogP contribution is -2.39. The minimum absolute atomic E-state index is 0.238. The number of carbonyl (C=O) groups is 1. The van der Waals surface area contributed by atoms with E-state index in [0.717, 1.165) is 25.7 Å². The van der Waals surface area contributed by atoms with Gasteiger partial charge in [0, 0.05) is 12.6 Å². The summed E-state index contributed by atoms with van der Waals surface area (Å²) in [6.07, 6.45) is 2.76. The average Bonchev–Trinajstić information content (AvgIpc) is 2.37. The summed E-state index contributed by atoms with van der Waals surface area (Å²) >= 11 is 6.10. The van der Waals surface area contributed by atoms with Crippen LogP contribution in [-0.2, 0) is 0 Å². The van der Waals surface area contributed by atoms with Crippen LogP contribution in [0.15, 0.2) is 0 Å². The fraction of sp³-hybridized carbons (Fsp3) is 0.667. The number of rotatable bonds is 7. The first-order valence-electron chi connectivity index (χ1n) is 7.20. The van der Waals surface area contributed by atoms with Crippen molar-refractivity contribution < 1.29 is 4.79 Å². The minimum atomic E-state index is 0.238. The SMILES string of the molecule is CCC(CC)N(CC(C)C)c1nc(C)nc(Cl)c1C=O. The molecular formula is C15H24ClN3O. The number of aryl methyl sites for hydroxylation is 1. The van der Waals surface area contributed by atoms with Gasteiger partial charge < -0.3 is 4.90 Å². The molecule has 0 radical (unpaired) electrons. The van der Waals surface area contributed by atoms with Gasteiger partial charge >= 0.3 is 0 Å². The maximum absolute atomic E-state index is 11.4. The number of halogens is 1. The van der Waals surface area contributed by atoms with Gasteiger partial charge in [0.2, 0.25) is 0 Å². The van der Waals surface area contributed by atoms with Gasteiger partial charge in [-0.3, -0.25) is 4.79 Å². The van der Waals surface area contributed by atoms with E-state index < -0.39 is 0 Å². The van der Waals surface area contributed by atoms with E-state index in [-0.39, 0.29) is 5.15 Å². The Bertz CT molecular complexity index is 459. The van der Waals surface area contributed by atoms with Crippen LogP contribution in [0.4, 0.5) is 5.82 Å². The normalized spacial score (nSPS) is 11.2. The second kappa shape index (κ2) is 7.58. The Morgan fingerprint density at radius 1 is 1.25 bits per heavy atom. The lowest BCUT2D eigenvalue weighted by atomic mass is 10.1. The van der Waals surface area contributed by atoms with Crippen LogP contribution in [0.2, 0.25) is 5.15 Å². The zero-order chi connectivity index (χ0) is 15.3. The van der Waals surface area contributed by atoms with E-state index in [0.29, 0.717) is 29.2 Å². The van der Waals surface area contributed by atoms with Crippen LogP contribution in [0.25, 0.3) is 0 Å². The van der Waals surface area contributed by atoms with Crippen molar-refractivity contribution in [2.75, 3.05) is 11.4 Å². The molecule has 0 aromatic carbocycles. The van der Waals surface area contributed by atoms with Crippen molar-refractivity contribution in [3.05, 3.63) is 16.5 Å². The Morgan fingerprint density at radius 3 is 2.30 bits per heavy atom. The number of aromatic nitrogens is 2. The van der Waals surface area contributed by atoms with Crippen LogP contribution >= 0.6 is 11.6 Å². The van der Waals surface area contributed by atoms with Crippen molar-refractivity contribution in [2.24, 2.45) is 5.92 Å². The monoisotopic (exact) mass is 297 g/mol. The van der Waals surface area contributed by atoms with Gasteiger partial charge in [-0.1, -0.05) is 39.3 Å². The highest BCUT2D eigenvalue weighted by molar-refractivity contribution is 6.32. The number of hydrogen-bond acceptors (Lipinski definition) is 4. The van der Waals surface area contributed by atoms with E-state index in [4.69, 9.17) is 11.6 Å². The van der Waals surface area contributed by atoms with E-state index in [1.54, 1.807) is 6.92 Å². The fourth-order valence-corrected chi connectivity index (χ4v) is 2.64. The molecule has 0 bridgehead atoms. The Labute approximate surface area is 126 Å². The molecule has 0 N–H and O–H groups in total. The summed E-state index contributed by atoms with van der Waals surface area (Å²) in [6.45, 7) is 11.3. The molecule has 4 nitrogen and oxygen atoms in total. The van der Waals surface area contributed by atoms with Crippen LogP contribution in [0, 0.1) is 12.8 Å². The maximum Gasteiger partial charge on any atom is 0.156 e. The van der Waals surface area contributed by atoms with Crippen molar-refractivity contribution in [1.29, 1.82) is 0 Å². The van der Waals surface area contributed by atoms with Gasteiger partial charge in [-0.05, 0) is 25.7 Å². The van der Waals surface area contributed by atoms with Crippen LogP contribution in [0.5, 0.6) is 0 Å². The highest BCUT2D eigenvalue weighted by Crippen LogP contribution is 2.27. The van der Waals surface area contributed by atoms with Crippen LogP contribution < -0.4 is 4.90 Å². The van der Waals surface area contributed by atoms with E-state index in [9.17, 15) is 4.79 Å². The summed E-state index contributed by atoms with van der Waals surface area (Å²) in [6, 6.07) is 0.349. The minimum Gasteiger partial charge on any atom is -0.353 e. The van der Waals surface area contributed by atoms with E-state index in [2.05, 4.69) is 42.6 Å². The summed E-state index contributed by atoms with van der Waals surface area (Å²) in [4.78, 5) is 22.1. The molecule has 112 valence electrons. The summed E-state index contributed by atoms with van der Waals surface area (Å²) in [7, 11) is 0. The van der Waals surface area contributed by atoms with Crippen molar-refractivity contribution in [3.8, 4) is 0 Å². The molecule has 0 unspecified atom stereocenters. The lowest BCUT2D eigenvalue weighted by Gasteiger charge is -2.34. The summed E-state index contributed by atoms with van der Waals surface area (Å²) < 4.78 is 0. The Hall–Kier alpha value is -1.16. The smallest absolute Gasteiger partial charge is 0.156 e. The molecule has 0 saturated carbocycles. The van der Waals surface area contributed by atoms with Gasteiger partial charge in [-0.2, -0.15) is 0 Å². The first kappa shape index (κ1) is 16.9. The van der Waals surface area contributed by atoms with Gasteiger partial charge in [-0.25, -0.2) is 9.97 Å². The molecule has 1 aromatic heterocycles. The van der Waals surface area contributed by atoms with Crippen molar-refractivity contribution in [1.82, 2.24) is 9.97 Å². The molecular weight excluding hydrogens is 274 g/mol. The molecule has 1 rings (SSSR count). The van der Waals surface area contributed by atoms with Gasteiger partial charge in [0.05, 0.1) is 5.56 Å². The number of aldehydes is 1. The molecule has 0 fully saturated rings. The second-order valence-electron chi connectivity index (χ2n) is 5.43. The molecule has 0 aliphatic heterocycles. The molecule has 0 spiro atoms. The lowest BCUT2D eigenvalue weighted by molar-refractivity contribution is 0.112. The molecule has 0 saturated heterocycles. The maximum atomic E-state index is 11.4. The Balaban J connectivity index is 3.35. The first-order valence-corrected chi connectivity index (χ1v) is 7.58. The third kappa shape index (κ3) is 3.92. The largest absolute Gasteiger partial charge is 0.353 e. The van der Waals surface area contributed by atoms with Gasteiger partial charge in [0.15, 0.2) is 6.29 Å². The predicted octanol–water partition coefficient (Wildman–Crippen LogP) is 3.90. The van der Waals surface area contributed by atoms with Crippen molar-refractivity contribution in [3.63, 3.8) is 0 Å². The Morgan fingerprint density at radius 2 is 1.85 bits per heavy atom. The quantitative estimate of drug-likeness (QED) is 0.565. The number of anilines is 1. The predicted molar refractivity (Wildman–Crippen MR) is 83.7 cm³/mol. The molecule has 1 heterocycles. The second-order valence-corrected chi connectivity index (χ2v) is 5.79. The highest BCUT2D eigenvalue weighted by Gasteiger charge is 2.23. The molecule has 5 heteroatoms. The summed E-state index contributed by atoms with van der Waals surface area (Å²) in [5.74, 6) is 1.74. The number of nitrogens with zero attached hydrogens (tertiary/aromatic N) is 3. The van der Waals surface area contributed by atoms with E-state index in [1.807, 2.05) is 0 Å². The van der Waals surface area contributed by atoms with E-state index >= 15 is 0 Å². The summed E-state index contributed by atoms with van der Waals surface area (Å²) in [5.41, 5.74) is 0.393. The van der Waals surface area contributed by atoms with Gasteiger partial charge in [-0.15, -0.1) is 0 Å². The van der Waals surface area contributed by atoms with Gasteiger partial charge in [0.1, 0.15) is 16.8 Å². The van der Waals surface area contributed by atoms with Crippen LogP contribution in [0.3, 0.4) is 0 Å². The van der Waals surface area contributed by atoms with Crippen LogP contribution in [-0.4, -0.2) is 28.8 Å². The zero-order valence-corrected chi connectivity index (χ0v) is 13.7. The zero-order valence-electron chi connectivity index (χ0n) is 13.0.